The molecule has 3 aromatic rings. The number of aromatic nitrogens is 2. The summed E-state index contributed by atoms with van der Waals surface area (Å²) in [6.45, 7) is 5.63. The summed E-state index contributed by atoms with van der Waals surface area (Å²) in [5.74, 6) is 1.10. The minimum absolute atomic E-state index is 0.225. The number of amides is 1. The Morgan fingerprint density at radius 1 is 1.10 bits per heavy atom. The van der Waals surface area contributed by atoms with Gasteiger partial charge >= 0.3 is 6.09 Å². The highest BCUT2D eigenvalue weighted by atomic mass is 16.6. The van der Waals surface area contributed by atoms with Crippen molar-refractivity contribution < 1.29 is 19.0 Å². The quantitative estimate of drug-likeness (QED) is 0.659. The van der Waals surface area contributed by atoms with E-state index >= 15 is 0 Å². The second-order valence-electron chi connectivity index (χ2n) is 7.78. The SMILES string of the molecule is COc1cc2ncc(C#N)c(-c3ccc(CNC(=O)OC(C)(C)C)nc3)c2cc1OC. The van der Waals surface area contributed by atoms with Gasteiger partial charge in [0.15, 0.2) is 11.5 Å². The molecule has 3 rings (SSSR count). The first-order valence-corrected chi connectivity index (χ1v) is 9.62. The number of nitrogens with zero attached hydrogens (tertiary/aromatic N) is 3. The Labute approximate surface area is 180 Å². The maximum atomic E-state index is 11.8. The van der Waals surface area contributed by atoms with E-state index in [1.807, 2.05) is 6.07 Å². The lowest BCUT2D eigenvalue weighted by atomic mass is 9.97. The van der Waals surface area contributed by atoms with E-state index in [-0.39, 0.29) is 6.54 Å². The van der Waals surface area contributed by atoms with E-state index < -0.39 is 11.7 Å². The molecule has 1 aromatic carbocycles. The lowest BCUT2D eigenvalue weighted by molar-refractivity contribution is 0.0523. The van der Waals surface area contributed by atoms with Gasteiger partial charge in [-0.2, -0.15) is 5.26 Å². The number of nitrogens with one attached hydrogen (secondary N) is 1. The van der Waals surface area contributed by atoms with Crippen molar-refractivity contribution in [2.24, 2.45) is 0 Å². The number of benzene rings is 1. The van der Waals surface area contributed by atoms with Crippen LogP contribution in [0, 0.1) is 11.3 Å². The van der Waals surface area contributed by atoms with Crippen LogP contribution in [-0.2, 0) is 11.3 Å². The summed E-state index contributed by atoms with van der Waals surface area (Å²) in [6.07, 6.45) is 2.69. The number of hydrogen-bond donors (Lipinski definition) is 1. The summed E-state index contributed by atoms with van der Waals surface area (Å²) < 4.78 is 16.0. The Morgan fingerprint density at radius 2 is 1.81 bits per heavy atom. The summed E-state index contributed by atoms with van der Waals surface area (Å²) >= 11 is 0. The molecule has 0 fully saturated rings. The zero-order chi connectivity index (χ0) is 22.6. The predicted octanol–water partition coefficient (Wildman–Crippen LogP) is 4.21. The summed E-state index contributed by atoms with van der Waals surface area (Å²) in [5, 5.41) is 13.1. The molecule has 0 bridgehead atoms. The van der Waals surface area contributed by atoms with Gasteiger partial charge in [-0.1, -0.05) is 6.07 Å². The van der Waals surface area contributed by atoms with Crippen LogP contribution in [0.25, 0.3) is 22.0 Å². The van der Waals surface area contributed by atoms with E-state index in [0.717, 1.165) is 10.9 Å². The van der Waals surface area contributed by atoms with E-state index in [2.05, 4.69) is 21.4 Å². The molecule has 0 unspecified atom stereocenters. The molecule has 2 heterocycles. The zero-order valence-corrected chi connectivity index (χ0v) is 18.1. The lowest BCUT2D eigenvalue weighted by Gasteiger charge is -2.19. The van der Waals surface area contributed by atoms with Gasteiger partial charge in [0, 0.05) is 35.0 Å². The zero-order valence-electron chi connectivity index (χ0n) is 18.1. The fourth-order valence-corrected chi connectivity index (χ4v) is 3.07. The second kappa shape index (κ2) is 8.88. The van der Waals surface area contributed by atoms with Gasteiger partial charge in [-0.05, 0) is 32.9 Å². The molecule has 0 atom stereocenters. The Kier molecular flexibility index (Phi) is 6.25. The number of alkyl carbamates (subject to hydrolysis) is 1. The van der Waals surface area contributed by atoms with Crippen molar-refractivity contribution >= 4 is 17.0 Å². The molecule has 1 amide bonds. The van der Waals surface area contributed by atoms with Crippen LogP contribution < -0.4 is 14.8 Å². The minimum Gasteiger partial charge on any atom is -0.493 e. The molecule has 160 valence electrons. The normalized spacial score (nSPS) is 11.0. The van der Waals surface area contributed by atoms with Crippen molar-refractivity contribution in [3.05, 3.63) is 47.9 Å². The van der Waals surface area contributed by atoms with E-state index in [1.54, 1.807) is 59.4 Å². The van der Waals surface area contributed by atoms with E-state index in [1.165, 1.54) is 6.20 Å². The highest BCUT2D eigenvalue weighted by Gasteiger charge is 2.17. The van der Waals surface area contributed by atoms with Crippen LogP contribution in [0.15, 0.2) is 36.7 Å². The van der Waals surface area contributed by atoms with Crippen LogP contribution >= 0.6 is 0 Å². The highest BCUT2D eigenvalue weighted by molar-refractivity contribution is 5.98. The fourth-order valence-electron chi connectivity index (χ4n) is 3.07. The monoisotopic (exact) mass is 420 g/mol. The molecule has 31 heavy (non-hydrogen) atoms. The summed E-state index contributed by atoms with van der Waals surface area (Å²) in [7, 11) is 3.11. The Hall–Kier alpha value is -3.86. The third-order valence-corrected chi connectivity index (χ3v) is 4.42. The topological polar surface area (TPSA) is 106 Å². The van der Waals surface area contributed by atoms with Gasteiger partial charge in [-0.25, -0.2) is 4.79 Å². The largest absolute Gasteiger partial charge is 0.493 e. The minimum atomic E-state index is -0.568. The molecule has 8 heteroatoms. The number of fused-ring (bicyclic) bond motifs is 1. The average Bonchev–Trinajstić information content (AvgIpc) is 2.75. The molecule has 0 aliphatic heterocycles. The molecule has 1 N–H and O–H groups in total. The van der Waals surface area contributed by atoms with Gasteiger partial charge in [0.25, 0.3) is 0 Å². The van der Waals surface area contributed by atoms with Crippen LogP contribution in [0.2, 0.25) is 0 Å². The van der Waals surface area contributed by atoms with Gasteiger partial charge in [0.05, 0.1) is 37.5 Å². The average molecular weight is 420 g/mol. The van der Waals surface area contributed by atoms with Crippen molar-refractivity contribution in [3.8, 4) is 28.7 Å². The molecule has 2 aromatic heterocycles. The van der Waals surface area contributed by atoms with Crippen LogP contribution in [0.1, 0.15) is 32.0 Å². The van der Waals surface area contributed by atoms with Gasteiger partial charge in [0.1, 0.15) is 11.7 Å². The molecule has 0 aliphatic carbocycles. The Morgan fingerprint density at radius 3 is 2.39 bits per heavy atom. The van der Waals surface area contributed by atoms with Crippen LogP contribution in [0.4, 0.5) is 4.79 Å². The third kappa shape index (κ3) is 5.01. The van der Waals surface area contributed by atoms with Gasteiger partial charge in [0.2, 0.25) is 0 Å². The maximum Gasteiger partial charge on any atom is 0.407 e. The highest BCUT2D eigenvalue weighted by Crippen LogP contribution is 2.37. The molecule has 0 saturated carbocycles. The Bertz CT molecular complexity index is 1150. The molecule has 0 spiro atoms. The smallest absolute Gasteiger partial charge is 0.407 e. The van der Waals surface area contributed by atoms with Gasteiger partial charge in [-0.15, -0.1) is 0 Å². The summed E-state index contributed by atoms with van der Waals surface area (Å²) in [6, 6.07) is 9.41. The van der Waals surface area contributed by atoms with Crippen molar-refractivity contribution in [2.75, 3.05) is 14.2 Å². The lowest BCUT2D eigenvalue weighted by Crippen LogP contribution is -2.32. The first-order chi connectivity index (χ1) is 14.8. The van der Waals surface area contributed by atoms with E-state index in [9.17, 15) is 10.1 Å². The second-order valence-corrected chi connectivity index (χ2v) is 7.78. The summed E-state index contributed by atoms with van der Waals surface area (Å²) in [5.41, 5.74) is 2.63. The summed E-state index contributed by atoms with van der Waals surface area (Å²) in [4.78, 5) is 20.6. The van der Waals surface area contributed by atoms with E-state index in [4.69, 9.17) is 14.2 Å². The number of nitriles is 1. The maximum absolute atomic E-state index is 11.8. The number of carbonyl (C=O) groups is 1. The molecule has 8 nitrogen and oxygen atoms in total. The van der Waals surface area contributed by atoms with Crippen molar-refractivity contribution in [3.63, 3.8) is 0 Å². The van der Waals surface area contributed by atoms with E-state index in [0.29, 0.717) is 33.8 Å². The van der Waals surface area contributed by atoms with Crippen LogP contribution in [-0.4, -0.2) is 35.9 Å². The fraction of sp³-hybridized carbons (Fsp3) is 0.304. The van der Waals surface area contributed by atoms with Crippen molar-refractivity contribution in [1.29, 1.82) is 5.26 Å². The van der Waals surface area contributed by atoms with Crippen LogP contribution in [0.5, 0.6) is 11.5 Å². The molecular formula is C23H24N4O4. The van der Waals surface area contributed by atoms with Gasteiger partial charge in [-0.3, -0.25) is 9.97 Å². The predicted molar refractivity (Wildman–Crippen MR) is 116 cm³/mol. The number of hydrogen-bond acceptors (Lipinski definition) is 7. The number of pyridine rings is 2. The molecule has 0 radical (unpaired) electrons. The third-order valence-electron chi connectivity index (χ3n) is 4.42. The first-order valence-electron chi connectivity index (χ1n) is 9.62. The van der Waals surface area contributed by atoms with Crippen molar-refractivity contribution in [1.82, 2.24) is 15.3 Å². The number of carbonyl (C=O) groups excluding carboxylic acids is 1. The molecule has 0 saturated heterocycles. The molecule has 0 aliphatic rings. The van der Waals surface area contributed by atoms with Crippen molar-refractivity contribution in [2.45, 2.75) is 32.9 Å². The Balaban J connectivity index is 1.94. The standard InChI is InChI=1S/C23H24N4O4/c1-23(2,3)31-22(28)27-13-16-7-6-14(11-25-16)21-15(10-24)12-26-18-9-20(30-5)19(29-4)8-17(18)21/h6-9,11-12H,13H2,1-5H3,(H,27,28). The number of methoxy groups -OCH3 is 2. The first kappa shape index (κ1) is 21.8. The van der Waals surface area contributed by atoms with Crippen LogP contribution in [0.3, 0.4) is 0 Å². The molecular weight excluding hydrogens is 396 g/mol. The van der Waals surface area contributed by atoms with Gasteiger partial charge < -0.3 is 19.5 Å². The number of ether oxygens (including phenoxy) is 3. The number of rotatable bonds is 5.